The van der Waals surface area contributed by atoms with Crippen LogP contribution in [0.2, 0.25) is 0 Å². The highest BCUT2D eigenvalue weighted by molar-refractivity contribution is 5.89. The minimum atomic E-state index is -1.01. The molecule has 0 saturated heterocycles. The van der Waals surface area contributed by atoms with E-state index in [2.05, 4.69) is 0 Å². The van der Waals surface area contributed by atoms with Gasteiger partial charge in [-0.2, -0.15) is 0 Å². The zero-order valence-electron chi connectivity index (χ0n) is 8.77. The smallest absolute Gasteiger partial charge is 0.328 e. The van der Waals surface area contributed by atoms with Gasteiger partial charge in [-0.15, -0.1) is 0 Å². The highest BCUT2D eigenvalue weighted by Crippen LogP contribution is 2.15. The van der Waals surface area contributed by atoms with Crippen molar-refractivity contribution in [1.29, 1.82) is 0 Å². The van der Waals surface area contributed by atoms with Crippen LogP contribution < -0.4 is 0 Å². The van der Waals surface area contributed by atoms with Gasteiger partial charge in [0.05, 0.1) is 19.0 Å². The summed E-state index contributed by atoms with van der Waals surface area (Å²) in [5, 5.41) is 8.67. The lowest BCUT2D eigenvalue weighted by atomic mass is 10.2. The third-order valence-corrected chi connectivity index (χ3v) is 1.71. The first-order valence-electron chi connectivity index (χ1n) is 4.68. The van der Waals surface area contributed by atoms with Gasteiger partial charge in [0, 0.05) is 11.6 Å². The number of aliphatic carboxylic acids is 1. The zero-order valence-corrected chi connectivity index (χ0v) is 8.77. The van der Waals surface area contributed by atoms with E-state index in [1.165, 1.54) is 6.26 Å². The molecule has 0 aromatic carbocycles. The van der Waals surface area contributed by atoms with Crippen LogP contribution in [0.4, 0.5) is 0 Å². The predicted octanol–water partition coefficient (Wildman–Crippen LogP) is 2.17. The number of furan rings is 1. The Hall–Kier alpha value is -1.55. The monoisotopic (exact) mass is 210 g/mol. The quantitative estimate of drug-likeness (QED) is 0.756. The van der Waals surface area contributed by atoms with E-state index >= 15 is 0 Å². The second kappa shape index (κ2) is 5.36. The molecule has 0 saturated carbocycles. The molecule has 15 heavy (non-hydrogen) atoms. The SMILES string of the molecule is CC(C)OC/C(=C\C(=O)O)c1ccco1. The lowest BCUT2D eigenvalue weighted by Crippen LogP contribution is -2.06. The third-order valence-electron chi connectivity index (χ3n) is 1.71. The van der Waals surface area contributed by atoms with Crippen molar-refractivity contribution >= 4 is 11.5 Å². The summed E-state index contributed by atoms with van der Waals surface area (Å²) in [5.41, 5.74) is 0.529. The summed E-state index contributed by atoms with van der Waals surface area (Å²) >= 11 is 0. The molecule has 1 heterocycles. The first-order valence-corrected chi connectivity index (χ1v) is 4.68. The molecule has 4 nitrogen and oxygen atoms in total. The molecule has 1 aromatic heterocycles. The van der Waals surface area contributed by atoms with Crippen molar-refractivity contribution in [1.82, 2.24) is 0 Å². The number of ether oxygens (including phenoxy) is 1. The normalized spacial score (nSPS) is 12.1. The molecular weight excluding hydrogens is 196 g/mol. The van der Waals surface area contributed by atoms with Gasteiger partial charge in [-0.05, 0) is 26.0 Å². The molecule has 1 aromatic rings. The van der Waals surface area contributed by atoms with Crippen molar-refractivity contribution < 1.29 is 19.1 Å². The highest BCUT2D eigenvalue weighted by atomic mass is 16.5. The van der Waals surface area contributed by atoms with Crippen LogP contribution in [0.1, 0.15) is 19.6 Å². The summed E-state index contributed by atoms with van der Waals surface area (Å²) in [5.74, 6) is -0.480. The minimum Gasteiger partial charge on any atom is -0.478 e. The maximum absolute atomic E-state index is 10.6. The van der Waals surface area contributed by atoms with Gasteiger partial charge in [-0.3, -0.25) is 0 Å². The van der Waals surface area contributed by atoms with Crippen molar-refractivity contribution in [3.63, 3.8) is 0 Å². The van der Waals surface area contributed by atoms with E-state index in [1.807, 2.05) is 13.8 Å². The second-order valence-electron chi connectivity index (χ2n) is 3.34. The minimum absolute atomic E-state index is 0.0529. The summed E-state index contributed by atoms with van der Waals surface area (Å²) in [7, 11) is 0. The summed E-state index contributed by atoms with van der Waals surface area (Å²) < 4.78 is 10.5. The van der Waals surface area contributed by atoms with Crippen LogP contribution in [-0.4, -0.2) is 23.8 Å². The molecule has 4 heteroatoms. The molecule has 0 aliphatic rings. The fraction of sp³-hybridized carbons (Fsp3) is 0.364. The van der Waals surface area contributed by atoms with E-state index in [-0.39, 0.29) is 12.7 Å². The number of rotatable bonds is 5. The highest BCUT2D eigenvalue weighted by Gasteiger charge is 2.08. The predicted molar refractivity (Wildman–Crippen MR) is 55.4 cm³/mol. The topological polar surface area (TPSA) is 59.7 Å². The van der Waals surface area contributed by atoms with Crippen LogP contribution in [0, 0.1) is 0 Å². The lowest BCUT2D eigenvalue weighted by molar-refractivity contribution is -0.131. The van der Waals surface area contributed by atoms with Crippen LogP contribution in [-0.2, 0) is 9.53 Å². The van der Waals surface area contributed by atoms with E-state index in [4.69, 9.17) is 14.3 Å². The van der Waals surface area contributed by atoms with Crippen molar-refractivity contribution in [2.75, 3.05) is 6.61 Å². The maximum atomic E-state index is 10.6. The van der Waals surface area contributed by atoms with Gasteiger partial charge >= 0.3 is 5.97 Å². The average molecular weight is 210 g/mol. The van der Waals surface area contributed by atoms with E-state index in [9.17, 15) is 4.79 Å². The lowest BCUT2D eigenvalue weighted by Gasteiger charge is -2.08. The van der Waals surface area contributed by atoms with Crippen LogP contribution >= 0.6 is 0 Å². The first kappa shape index (κ1) is 11.5. The standard InChI is InChI=1S/C11H14O4/c1-8(2)15-7-9(6-11(12)13)10-4-3-5-14-10/h3-6,8H,7H2,1-2H3,(H,12,13)/b9-6+. The average Bonchev–Trinajstić information content (AvgIpc) is 2.63. The Balaban J connectivity index is 2.75. The second-order valence-corrected chi connectivity index (χ2v) is 3.34. The summed E-state index contributed by atoms with van der Waals surface area (Å²) in [6, 6.07) is 3.42. The van der Waals surface area contributed by atoms with Gasteiger partial charge in [0.1, 0.15) is 5.76 Å². The third kappa shape index (κ3) is 3.99. The van der Waals surface area contributed by atoms with Crippen molar-refractivity contribution in [2.45, 2.75) is 20.0 Å². The van der Waals surface area contributed by atoms with E-state index < -0.39 is 5.97 Å². The molecule has 0 spiro atoms. The summed E-state index contributed by atoms with van der Waals surface area (Å²) in [4.78, 5) is 10.6. The Kier molecular flexibility index (Phi) is 4.12. The van der Waals surface area contributed by atoms with Gasteiger partial charge < -0.3 is 14.3 Å². The van der Waals surface area contributed by atoms with Crippen molar-refractivity contribution in [3.8, 4) is 0 Å². The molecule has 0 aliphatic carbocycles. The van der Waals surface area contributed by atoms with Crippen molar-refractivity contribution in [2.24, 2.45) is 0 Å². The van der Waals surface area contributed by atoms with Crippen LogP contribution in [0.5, 0.6) is 0 Å². The number of hydrogen-bond donors (Lipinski definition) is 1. The van der Waals surface area contributed by atoms with E-state index in [0.29, 0.717) is 11.3 Å². The molecule has 0 fully saturated rings. The molecular formula is C11H14O4. The number of carbonyl (C=O) groups is 1. The zero-order chi connectivity index (χ0) is 11.3. The number of carboxylic acid groups (broad SMARTS) is 1. The van der Waals surface area contributed by atoms with Crippen LogP contribution in [0.15, 0.2) is 28.9 Å². The molecule has 1 rings (SSSR count). The molecule has 0 atom stereocenters. The molecule has 0 bridgehead atoms. The molecule has 82 valence electrons. The number of carboxylic acids is 1. The van der Waals surface area contributed by atoms with E-state index in [1.54, 1.807) is 12.1 Å². The molecule has 1 N–H and O–H groups in total. The van der Waals surface area contributed by atoms with Gasteiger partial charge in [0.25, 0.3) is 0 Å². The van der Waals surface area contributed by atoms with Gasteiger partial charge in [0.15, 0.2) is 0 Å². The van der Waals surface area contributed by atoms with Crippen LogP contribution in [0.3, 0.4) is 0 Å². The Labute approximate surface area is 88.2 Å². The van der Waals surface area contributed by atoms with Gasteiger partial charge in [0.2, 0.25) is 0 Å². The van der Waals surface area contributed by atoms with Gasteiger partial charge in [-0.25, -0.2) is 4.79 Å². The fourth-order valence-electron chi connectivity index (χ4n) is 1.05. The molecule has 0 amide bonds. The van der Waals surface area contributed by atoms with E-state index in [0.717, 1.165) is 6.08 Å². The van der Waals surface area contributed by atoms with Crippen molar-refractivity contribution in [3.05, 3.63) is 30.2 Å². The van der Waals surface area contributed by atoms with Crippen LogP contribution in [0.25, 0.3) is 5.57 Å². The Bertz CT molecular complexity index is 335. The largest absolute Gasteiger partial charge is 0.478 e. The molecule has 0 radical (unpaired) electrons. The first-order chi connectivity index (χ1) is 7.09. The fourth-order valence-corrected chi connectivity index (χ4v) is 1.05. The number of hydrogen-bond acceptors (Lipinski definition) is 3. The maximum Gasteiger partial charge on any atom is 0.328 e. The molecule has 0 aliphatic heterocycles. The van der Waals surface area contributed by atoms with Gasteiger partial charge in [-0.1, -0.05) is 0 Å². The summed E-state index contributed by atoms with van der Waals surface area (Å²) in [6.45, 7) is 4.01. The summed E-state index contributed by atoms with van der Waals surface area (Å²) in [6.07, 6.45) is 2.65. The Morgan fingerprint density at radius 1 is 1.67 bits per heavy atom. The molecule has 0 unspecified atom stereocenters. The Morgan fingerprint density at radius 3 is 2.87 bits per heavy atom. The Morgan fingerprint density at radius 2 is 2.40 bits per heavy atom.